The van der Waals surface area contributed by atoms with E-state index in [4.69, 9.17) is 4.74 Å². The molecule has 0 saturated heterocycles. The first kappa shape index (κ1) is 14.4. The third-order valence-corrected chi connectivity index (χ3v) is 4.96. The molecule has 4 heteroatoms. The molecule has 3 nitrogen and oxygen atoms in total. The lowest BCUT2D eigenvalue weighted by Crippen LogP contribution is -2.26. The highest BCUT2D eigenvalue weighted by atomic mass is 32.2. The van der Waals surface area contributed by atoms with Crippen molar-refractivity contribution in [2.45, 2.75) is 48.9 Å². The van der Waals surface area contributed by atoms with Crippen LogP contribution in [0, 0.1) is 0 Å². The SMILES string of the molecule is COc1cc(C(C)=O)ccc1S[C@@H]1CCCC[C@H]1O. The first-order valence-electron chi connectivity index (χ1n) is 6.65. The van der Waals surface area contributed by atoms with Gasteiger partial charge in [0, 0.05) is 15.7 Å². The van der Waals surface area contributed by atoms with E-state index in [0.717, 1.165) is 29.9 Å². The van der Waals surface area contributed by atoms with Gasteiger partial charge in [0.05, 0.1) is 13.2 Å². The van der Waals surface area contributed by atoms with Crippen LogP contribution < -0.4 is 4.74 Å². The van der Waals surface area contributed by atoms with Crippen molar-refractivity contribution in [3.8, 4) is 5.75 Å². The minimum Gasteiger partial charge on any atom is -0.496 e. The molecule has 1 aliphatic carbocycles. The summed E-state index contributed by atoms with van der Waals surface area (Å²) in [4.78, 5) is 12.4. The number of carbonyl (C=O) groups excluding carboxylic acids is 1. The van der Waals surface area contributed by atoms with Crippen molar-refractivity contribution in [3.05, 3.63) is 23.8 Å². The van der Waals surface area contributed by atoms with Crippen molar-refractivity contribution in [3.63, 3.8) is 0 Å². The van der Waals surface area contributed by atoms with Crippen LogP contribution in [-0.2, 0) is 0 Å². The van der Waals surface area contributed by atoms with E-state index in [2.05, 4.69) is 0 Å². The summed E-state index contributed by atoms with van der Waals surface area (Å²) in [6.07, 6.45) is 3.95. The van der Waals surface area contributed by atoms with Gasteiger partial charge in [-0.25, -0.2) is 0 Å². The lowest BCUT2D eigenvalue weighted by Gasteiger charge is -2.27. The molecule has 0 aliphatic heterocycles. The number of ether oxygens (including phenoxy) is 1. The number of aliphatic hydroxyl groups is 1. The Morgan fingerprint density at radius 1 is 1.37 bits per heavy atom. The van der Waals surface area contributed by atoms with Gasteiger partial charge in [0.25, 0.3) is 0 Å². The quantitative estimate of drug-likeness (QED) is 0.860. The van der Waals surface area contributed by atoms with Crippen LogP contribution in [0.2, 0.25) is 0 Å². The summed E-state index contributed by atoms with van der Waals surface area (Å²) in [6.45, 7) is 1.55. The molecule has 1 fully saturated rings. The van der Waals surface area contributed by atoms with Crippen molar-refractivity contribution >= 4 is 17.5 Å². The molecular formula is C15H20O3S. The zero-order valence-corrected chi connectivity index (χ0v) is 12.2. The second kappa shape index (κ2) is 6.44. The minimum absolute atomic E-state index is 0.0348. The van der Waals surface area contributed by atoms with Gasteiger partial charge in [-0.3, -0.25) is 4.79 Å². The Hall–Kier alpha value is -1.00. The van der Waals surface area contributed by atoms with Gasteiger partial charge in [0.15, 0.2) is 5.78 Å². The van der Waals surface area contributed by atoms with Gasteiger partial charge >= 0.3 is 0 Å². The van der Waals surface area contributed by atoms with Gasteiger partial charge in [-0.1, -0.05) is 18.9 Å². The molecule has 1 aromatic rings. The van der Waals surface area contributed by atoms with E-state index in [1.54, 1.807) is 31.9 Å². The van der Waals surface area contributed by atoms with Gasteiger partial charge in [-0.05, 0) is 31.9 Å². The summed E-state index contributed by atoms with van der Waals surface area (Å²) in [5, 5.41) is 10.2. The molecule has 1 aliphatic rings. The Balaban J connectivity index is 2.17. The van der Waals surface area contributed by atoms with Gasteiger partial charge in [0.2, 0.25) is 0 Å². The minimum atomic E-state index is -0.240. The van der Waals surface area contributed by atoms with Crippen molar-refractivity contribution < 1.29 is 14.6 Å². The predicted octanol–water partition coefficient (Wildman–Crippen LogP) is 3.29. The molecule has 1 aromatic carbocycles. The fourth-order valence-electron chi connectivity index (χ4n) is 2.36. The highest BCUT2D eigenvalue weighted by molar-refractivity contribution is 8.00. The molecular weight excluding hydrogens is 260 g/mol. The van der Waals surface area contributed by atoms with E-state index >= 15 is 0 Å². The maximum Gasteiger partial charge on any atom is 0.159 e. The summed E-state index contributed by atoms with van der Waals surface area (Å²) < 4.78 is 5.36. The average Bonchev–Trinajstić information content (AvgIpc) is 2.41. The Labute approximate surface area is 118 Å². The lowest BCUT2D eigenvalue weighted by atomic mass is 9.97. The van der Waals surface area contributed by atoms with E-state index in [9.17, 15) is 9.90 Å². The highest BCUT2D eigenvalue weighted by Gasteiger charge is 2.25. The van der Waals surface area contributed by atoms with Gasteiger partial charge < -0.3 is 9.84 Å². The largest absolute Gasteiger partial charge is 0.496 e. The van der Waals surface area contributed by atoms with Crippen molar-refractivity contribution in [1.82, 2.24) is 0 Å². The molecule has 1 N–H and O–H groups in total. The summed E-state index contributed by atoms with van der Waals surface area (Å²) in [7, 11) is 1.61. The number of hydrogen-bond donors (Lipinski definition) is 1. The standard InChI is InChI=1S/C15H20O3S/c1-10(16)11-7-8-15(13(9-11)18-2)19-14-6-4-3-5-12(14)17/h7-9,12,14,17H,3-6H2,1-2H3/t12-,14-/m1/s1. The fourth-order valence-corrected chi connectivity index (χ4v) is 3.67. The van der Waals surface area contributed by atoms with Crippen LogP contribution in [-0.4, -0.2) is 29.4 Å². The molecule has 0 unspecified atom stereocenters. The Morgan fingerprint density at radius 3 is 2.74 bits per heavy atom. The molecule has 0 bridgehead atoms. The third-order valence-electron chi connectivity index (χ3n) is 3.52. The van der Waals surface area contributed by atoms with Gasteiger partial charge in [-0.2, -0.15) is 0 Å². The number of thioether (sulfide) groups is 1. The summed E-state index contributed by atoms with van der Waals surface area (Å²) in [5.41, 5.74) is 0.658. The number of carbonyl (C=O) groups is 1. The van der Waals surface area contributed by atoms with Crippen LogP contribution in [0.5, 0.6) is 5.75 Å². The molecule has 0 radical (unpaired) electrons. The molecule has 0 aromatic heterocycles. The number of hydrogen-bond acceptors (Lipinski definition) is 4. The summed E-state index contributed by atoms with van der Waals surface area (Å²) >= 11 is 1.66. The number of benzene rings is 1. The van der Waals surface area contributed by atoms with Crippen molar-refractivity contribution in [2.75, 3.05) is 7.11 Å². The van der Waals surface area contributed by atoms with E-state index in [-0.39, 0.29) is 17.1 Å². The van der Waals surface area contributed by atoms with Crippen LogP contribution >= 0.6 is 11.8 Å². The van der Waals surface area contributed by atoms with Crippen LogP contribution in [0.3, 0.4) is 0 Å². The Morgan fingerprint density at radius 2 is 2.11 bits per heavy atom. The molecule has 104 valence electrons. The molecule has 2 atom stereocenters. The smallest absolute Gasteiger partial charge is 0.159 e. The first-order valence-corrected chi connectivity index (χ1v) is 7.53. The maximum atomic E-state index is 11.4. The molecule has 2 rings (SSSR count). The summed E-state index contributed by atoms with van der Waals surface area (Å²) in [6, 6.07) is 5.52. The average molecular weight is 280 g/mol. The molecule has 0 heterocycles. The zero-order valence-electron chi connectivity index (χ0n) is 11.4. The second-order valence-electron chi connectivity index (χ2n) is 4.93. The monoisotopic (exact) mass is 280 g/mol. The van der Waals surface area contributed by atoms with E-state index in [1.165, 1.54) is 6.42 Å². The molecule has 1 saturated carbocycles. The van der Waals surface area contributed by atoms with E-state index < -0.39 is 0 Å². The lowest BCUT2D eigenvalue weighted by molar-refractivity contribution is 0.101. The maximum absolute atomic E-state index is 11.4. The first-order chi connectivity index (χ1) is 9.11. The zero-order chi connectivity index (χ0) is 13.8. The number of ketones is 1. The van der Waals surface area contributed by atoms with E-state index in [1.807, 2.05) is 12.1 Å². The van der Waals surface area contributed by atoms with Crippen LogP contribution in [0.25, 0.3) is 0 Å². The third kappa shape index (κ3) is 3.51. The van der Waals surface area contributed by atoms with Gasteiger partial charge in [0.1, 0.15) is 5.75 Å². The predicted molar refractivity (Wildman–Crippen MR) is 77.1 cm³/mol. The summed E-state index contributed by atoms with van der Waals surface area (Å²) in [5.74, 6) is 0.753. The Kier molecular flexibility index (Phi) is 4.88. The van der Waals surface area contributed by atoms with Crippen LogP contribution in [0.15, 0.2) is 23.1 Å². The molecule has 19 heavy (non-hydrogen) atoms. The highest BCUT2D eigenvalue weighted by Crippen LogP contribution is 2.38. The van der Waals surface area contributed by atoms with Crippen molar-refractivity contribution in [1.29, 1.82) is 0 Å². The Bertz CT molecular complexity index is 459. The van der Waals surface area contributed by atoms with Gasteiger partial charge in [-0.15, -0.1) is 11.8 Å². The number of Topliss-reactive ketones (excluding diaryl/α,β-unsaturated/α-hetero) is 1. The van der Waals surface area contributed by atoms with Crippen LogP contribution in [0.1, 0.15) is 43.0 Å². The topological polar surface area (TPSA) is 46.5 Å². The fraction of sp³-hybridized carbons (Fsp3) is 0.533. The molecule has 0 spiro atoms. The van der Waals surface area contributed by atoms with Crippen molar-refractivity contribution in [2.24, 2.45) is 0 Å². The number of aliphatic hydroxyl groups excluding tert-OH is 1. The second-order valence-corrected chi connectivity index (χ2v) is 6.21. The normalized spacial score (nSPS) is 23.1. The van der Waals surface area contributed by atoms with E-state index in [0.29, 0.717) is 5.56 Å². The number of methoxy groups -OCH3 is 1. The number of rotatable bonds is 4. The van der Waals surface area contributed by atoms with Crippen LogP contribution in [0.4, 0.5) is 0 Å². The molecule has 0 amide bonds.